The van der Waals surface area contributed by atoms with Gasteiger partial charge in [0, 0.05) is 28.6 Å². The maximum atomic E-state index is 13.8. The molecule has 1 saturated carbocycles. The summed E-state index contributed by atoms with van der Waals surface area (Å²) in [6, 6.07) is 21.6. The Kier molecular flexibility index (Phi) is 6.35. The van der Waals surface area contributed by atoms with Crippen LogP contribution in [-0.2, 0) is 6.54 Å². The van der Waals surface area contributed by atoms with Gasteiger partial charge < -0.3 is 14.4 Å². The number of para-hydroxylation sites is 2. The lowest BCUT2D eigenvalue weighted by atomic mass is 10.0. The molecule has 1 fully saturated rings. The van der Waals surface area contributed by atoms with Crippen molar-refractivity contribution < 1.29 is 14.3 Å². The SMILES string of the molecule is COc1cccc(C(=O)N(Cc2cc3cccc(C)c3nc2-c2cccc(Cl)c2)C2CC2)c1OC. The van der Waals surface area contributed by atoms with Crippen LogP contribution in [0.4, 0.5) is 0 Å². The molecule has 0 bridgehead atoms. The summed E-state index contributed by atoms with van der Waals surface area (Å²) in [6.45, 7) is 2.49. The Morgan fingerprint density at radius 2 is 1.80 bits per heavy atom. The maximum Gasteiger partial charge on any atom is 0.258 e. The van der Waals surface area contributed by atoms with Crippen LogP contribution in [0.5, 0.6) is 11.5 Å². The van der Waals surface area contributed by atoms with Crippen molar-refractivity contribution in [3.05, 3.63) is 88.4 Å². The molecule has 5 nitrogen and oxygen atoms in total. The number of aromatic nitrogens is 1. The summed E-state index contributed by atoms with van der Waals surface area (Å²) in [5.41, 5.74) is 5.30. The maximum absolute atomic E-state index is 13.8. The first-order chi connectivity index (χ1) is 17.0. The number of amides is 1. The molecule has 3 aromatic carbocycles. The van der Waals surface area contributed by atoms with E-state index in [2.05, 4.69) is 25.1 Å². The minimum Gasteiger partial charge on any atom is -0.493 e. The minimum absolute atomic E-state index is 0.0790. The van der Waals surface area contributed by atoms with Crippen molar-refractivity contribution in [2.24, 2.45) is 0 Å². The summed E-state index contributed by atoms with van der Waals surface area (Å²) >= 11 is 6.34. The largest absolute Gasteiger partial charge is 0.493 e. The van der Waals surface area contributed by atoms with E-state index in [-0.39, 0.29) is 11.9 Å². The molecule has 4 aromatic rings. The fraction of sp³-hybridized carbons (Fsp3) is 0.241. The van der Waals surface area contributed by atoms with Gasteiger partial charge in [-0.05, 0) is 61.2 Å². The third kappa shape index (κ3) is 4.56. The van der Waals surface area contributed by atoms with Crippen LogP contribution in [-0.4, -0.2) is 36.1 Å². The molecule has 6 heteroatoms. The van der Waals surface area contributed by atoms with Crippen molar-refractivity contribution in [2.45, 2.75) is 32.4 Å². The van der Waals surface area contributed by atoms with Crippen molar-refractivity contribution >= 4 is 28.4 Å². The normalized spacial score (nSPS) is 13.0. The molecule has 0 aliphatic heterocycles. The summed E-state index contributed by atoms with van der Waals surface area (Å²) in [4.78, 5) is 20.9. The average molecular weight is 487 g/mol. The fourth-order valence-corrected chi connectivity index (χ4v) is 4.73. The van der Waals surface area contributed by atoms with Crippen LogP contribution in [0.2, 0.25) is 5.02 Å². The number of hydrogen-bond acceptors (Lipinski definition) is 4. The third-order valence-corrected chi connectivity index (χ3v) is 6.68. The molecule has 1 heterocycles. The van der Waals surface area contributed by atoms with Gasteiger partial charge in [0.25, 0.3) is 5.91 Å². The number of nitrogens with zero attached hydrogens (tertiary/aromatic N) is 2. The van der Waals surface area contributed by atoms with E-state index >= 15 is 0 Å². The second kappa shape index (κ2) is 9.59. The molecule has 35 heavy (non-hydrogen) atoms. The molecular formula is C29H27ClN2O3. The van der Waals surface area contributed by atoms with Crippen molar-refractivity contribution in [1.82, 2.24) is 9.88 Å². The number of carbonyl (C=O) groups is 1. The monoisotopic (exact) mass is 486 g/mol. The van der Waals surface area contributed by atoms with Gasteiger partial charge in [0.05, 0.1) is 31.0 Å². The molecular weight excluding hydrogens is 460 g/mol. The van der Waals surface area contributed by atoms with E-state index in [0.717, 1.165) is 46.1 Å². The minimum atomic E-state index is -0.0790. The predicted octanol–water partition coefficient (Wildman–Crippen LogP) is 6.69. The predicted molar refractivity (Wildman–Crippen MR) is 139 cm³/mol. The van der Waals surface area contributed by atoms with E-state index in [4.69, 9.17) is 26.1 Å². The highest BCUT2D eigenvalue weighted by molar-refractivity contribution is 6.30. The summed E-state index contributed by atoms with van der Waals surface area (Å²) in [5, 5.41) is 1.70. The van der Waals surface area contributed by atoms with Gasteiger partial charge in [0.1, 0.15) is 0 Å². The van der Waals surface area contributed by atoms with Gasteiger partial charge in [-0.25, -0.2) is 4.98 Å². The third-order valence-electron chi connectivity index (χ3n) is 6.45. The number of halogens is 1. The van der Waals surface area contributed by atoms with Crippen molar-refractivity contribution in [3.8, 4) is 22.8 Å². The highest BCUT2D eigenvalue weighted by Crippen LogP contribution is 2.37. The standard InChI is InChI=1S/C29H27ClN2O3/c1-18-7-4-8-19-15-21(27(31-26(18)19)20-9-5-10-22(30)16-20)17-32(23-13-14-23)29(33)24-11-6-12-25(34-2)28(24)35-3/h4-12,15-16,23H,13-14,17H2,1-3H3. The first kappa shape index (κ1) is 23.2. The van der Waals surface area contributed by atoms with E-state index in [9.17, 15) is 4.79 Å². The fourth-order valence-electron chi connectivity index (χ4n) is 4.54. The Labute approximate surface area is 210 Å². The molecule has 0 atom stereocenters. The molecule has 0 N–H and O–H groups in total. The number of methoxy groups -OCH3 is 2. The lowest BCUT2D eigenvalue weighted by Crippen LogP contribution is -2.33. The number of benzene rings is 3. The molecule has 0 saturated heterocycles. The van der Waals surface area contributed by atoms with Crippen molar-refractivity contribution in [1.29, 1.82) is 0 Å². The first-order valence-corrected chi connectivity index (χ1v) is 12.0. The van der Waals surface area contributed by atoms with E-state index < -0.39 is 0 Å². The van der Waals surface area contributed by atoms with Crippen LogP contribution in [0.25, 0.3) is 22.2 Å². The van der Waals surface area contributed by atoms with Crippen LogP contribution in [0.15, 0.2) is 66.7 Å². The van der Waals surface area contributed by atoms with Gasteiger partial charge in [-0.1, -0.05) is 48.0 Å². The van der Waals surface area contributed by atoms with E-state index in [1.165, 1.54) is 0 Å². The number of fused-ring (bicyclic) bond motifs is 1. The smallest absolute Gasteiger partial charge is 0.258 e. The zero-order chi connectivity index (χ0) is 24.5. The van der Waals surface area contributed by atoms with Crippen molar-refractivity contribution in [3.63, 3.8) is 0 Å². The Balaban J connectivity index is 1.62. The molecule has 5 rings (SSSR count). The number of hydrogen-bond donors (Lipinski definition) is 0. The van der Waals surface area contributed by atoms with E-state index in [1.807, 2.05) is 41.3 Å². The number of rotatable bonds is 7. The molecule has 0 unspecified atom stereocenters. The second-order valence-corrected chi connectivity index (χ2v) is 9.29. The highest BCUT2D eigenvalue weighted by Gasteiger charge is 2.35. The van der Waals surface area contributed by atoms with Crippen LogP contribution in [0, 0.1) is 6.92 Å². The molecule has 1 aliphatic carbocycles. The van der Waals surface area contributed by atoms with Gasteiger partial charge in [-0.2, -0.15) is 0 Å². The summed E-state index contributed by atoms with van der Waals surface area (Å²) in [5.74, 6) is 0.911. The lowest BCUT2D eigenvalue weighted by molar-refractivity contribution is 0.0726. The zero-order valence-electron chi connectivity index (χ0n) is 20.0. The van der Waals surface area contributed by atoms with Gasteiger partial charge in [0.2, 0.25) is 0 Å². The number of pyridine rings is 1. The summed E-state index contributed by atoms with van der Waals surface area (Å²) < 4.78 is 11.0. The Hall–Kier alpha value is -3.57. The molecule has 1 amide bonds. The average Bonchev–Trinajstić information content (AvgIpc) is 3.71. The first-order valence-electron chi connectivity index (χ1n) is 11.7. The number of carbonyl (C=O) groups excluding carboxylic acids is 1. The van der Waals surface area contributed by atoms with Crippen molar-refractivity contribution in [2.75, 3.05) is 14.2 Å². The molecule has 0 spiro atoms. The molecule has 1 aromatic heterocycles. The highest BCUT2D eigenvalue weighted by atomic mass is 35.5. The Morgan fingerprint density at radius 3 is 2.51 bits per heavy atom. The van der Waals surface area contributed by atoms with Gasteiger partial charge in [-0.3, -0.25) is 4.79 Å². The van der Waals surface area contributed by atoms with Crippen LogP contribution >= 0.6 is 11.6 Å². The number of ether oxygens (including phenoxy) is 2. The zero-order valence-corrected chi connectivity index (χ0v) is 20.8. The van der Waals surface area contributed by atoms with Crippen LogP contribution in [0.3, 0.4) is 0 Å². The summed E-state index contributed by atoms with van der Waals surface area (Å²) in [6.07, 6.45) is 1.95. The second-order valence-electron chi connectivity index (χ2n) is 8.86. The van der Waals surface area contributed by atoms with Crippen LogP contribution < -0.4 is 9.47 Å². The Bertz CT molecular complexity index is 1410. The lowest BCUT2D eigenvalue weighted by Gasteiger charge is -2.25. The number of aryl methyl sites for hydroxylation is 1. The van der Waals surface area contributed by atoms with Gasteiger partial charge in [0.15, 0.2) is 11.5 Å². The molecule has 0 radical (unpaired) electrons. The molecule has 1 aliphatic rings. The van der Waals surface area contributed by atoms with Crippen LogP contribution in [0.1, 0.15) is 34.3 Å². The van der Waals surface area contributed by atoms with E-state index in [1.54, 1.807) is 26.4 Å². The van der Waals surface area contributed by atoms with Gasteiger partial charge >= 0.3 is 0 Å². The van der Waals surface area contributed by atoms with Gasteiger partial charge in [-0.15, -0.1) is 0 Å². The topological polar surface area (TPSA) is 51.7 Å². The summed E-state index contributed by atoms with van der Waals surface area (Å²) in [7, 11) is 3.13. The van der Waals surface area contributed by atoms with E-state index in [0.29, 0.717) is 28.6 Å². The Morgan fingerprint density at radius 1 is 1.03 bits per heavy atom. The quantitative estimate of drug-likeness (QED) is 0.292. The molecule has 178 valence electrons.